The number of hydrogen-bond donors (Lipinski definition) is 2. The maximum absolute atomic E-state index is 14.8. The number of nitrogens with one attached hydrogen (secondary N) is 1. The molecular weight excluding hydrogens is 440 g/mol. The van der Waals surface area contributed by atoms with Gasteiger partial charge in [-0.2, -0.15) is 14.9 Å². The van der Waals surface area contributed by atoms with E-state index in [-0.39, 0.29) is 23.8 Å². The highest BCUT2D eigenvalue weighted by Gasteiger charge is 2.31. The first-order chi connectivity index (χ1) is 16.5. The molecule has 0 aliphatic carbocycles. The molecule has 9 heteroatoms. The molecule has 174 valence electrons. The summed E-state index contributed by atoms with van der Waals surface area (Å²) in [7, 11) is 0. The van der Waals surface area contributed by atoms with Gasteiger partial charge in [0.15, 0.2) is 5.82 Å². The fourth-order valence-corrected chi connectivity index (χ4v) is 4.49. The number of rotatable bonds is 5. The second kappa shape index (κ2) is 8.83. The van der Waals surface area contributed by atoms with Crippen molar-refractivity contribution in [1.29, 1.82) is 0 Å². The van der Waals surface area contributed by atoms with Gasteiger partial charge in [-0.15, -0.1) is 0 Å². The molecule has 3 heterocycles. The van der Waals surface area contributed by atoms with Crippen LogP contribution in [0.25, 0.3) is 28.2 Å². The van der Waals surface area contributed by atoms with Crippen molar-refractivity contribution in [2.24, 2.45) is 0 Å². The number of para-hydroxylation sites is 1. The van der Waals surface area contributed by atoms with Crippen molar-refractivity contribution >= 4 is 5.82 Å². The topological polar surface area (TPSA) is 87.0 Å². The van der Waals surface area contributed by atoms with E-state index in [1.165, 1.54) is 22.9 Å². The summed E-state index contributed by atoms with van der Waals surface area (Å²) in [6, 6.07) is 13.5. The Hall–Kier alpha value is -3.85. The number of H-pyrrole nitrogens is 1. The number of aromatic amines is 1. The number of benzene rings is 2. The summed E-state index contributed by atoms with van der Waals surface area (Å²) < 4.78 is 29.7. The zero-order valence-corrected chi connectivity index (χ0v) is 18.5. The Balaban J connectivity index is 1.74. The van der Waals surface area contributed by atoms with E-state index >= 15 is 0 Å². The van der Waals surface area contributed by atoms with Crippen molar-refractivity contribution in [2.75, 3.05) is 18.1 Å². The van der Waals surface area contributed by atoms with Crippen LogP contribution >= 0.6 is 0 Å². The van der Waals surface area contributed by atoms with Gasteiger partial charge in [-0.3, -0.25) is 9.89 Å². The molecule has 1 saturated heterocycles. The van der Waals surface area contributed by atoms with Crippen molar-refractivity contribution in [2.45, 2.75) is 25.8 Å². The van der Waals surface area contributed by atoms with Crippen LogP contribution in [0.1, 0.15) is 18.4 Å². The first-order valence-corrected chi connectivity index (χ1v) is 11.1. The van der Waals surface area contributed by atoms with E-state index in [1.54, 1.807) is 12.1 Å². The van der Waals surface area contributed by atoms with Gasteiger partial charge in [0, 0.05) is 24.2 Å². The molecule has 0 bridgehead atoms. The smallest absolute Gasteiger partial charge is 0.271 e. The molecule has 1 aliphatic rings. The standard InChI is InChI=1S/C25H23F2N5O2/c1-15-5-2-3-7-21(15)32-22(34)11-10-20(30-32)23-24(18-9-8-16(26)13-19(18)27)28-29-25(23)31-12-4-6-17(31)14-33/h2-3,5,7-11,13,17,33H,4,6,12,14H2,1H3,(H,28,29)/t17-/m0/s1. The molecule has 1 aliphatic heterocycles. The lowest BCUT2D eigenvalue weighted by Gasteiger charge is -2.24. The molecule has 4 aromatic rings. The third kappa shape index (κ3) is 3.77. The number of nitrogens with zero attached hydrogens (tertiary/aromatic N) is 4. The minimum Gasteiger partial charge on any atom is -0.394 e. The Morgan fingerprint density at radius 2 is 1.97 bits per heavy atom. The average molecular weight is 463 g/mol. The molecule has 0 radical (unpaired) electrons. The number of aromatic nitrogens is 4. The predicted octanol–water partition coefficient (Wildman–Crippen LogP) is 3.84. The summed E-state index contributed by atoms with van der Waals surface area (Å²) in [5.41, 5.74) is 2.51. The van der Waals surface area contributed by atoms with Crippen LogP contribution in [0.4, 0.5) is 14.6 Å². The third-order valence-corrected chi connectivity index (χ3v) is 6.21. The van der Waals surface area contributed by atoms with Crippen LogP contribution < -0.4 is 10.5 Å². The lowest BCUT2D eigenvalue weighted by atomic mass is 10.0. The van der Waals surface area contributed by atoms with Crippen LogP contribution in [0.5, 0.6) is 0 Å². The Labute approximate surface area is 194 Å². The van der Waals surface area contributed by atoms with Crippen LogP contribution in [0, 0.1) is 18.6 Å². The quantitative estimate of drug-likeness (QED) is 0.470. The molecule has 0 spiro atoms. The molecular formula is C25H23F2N5O2. The van der Waals surface area contributed by atoms with Gasteiger partial charge in [0.1, 0.15) is 11.6 Å². The molecule has 5 rings (SSSR count). The van der Waals surface area contributed by atoms with Gasteiger partial charge in [-0.05, 0) is 49.6 Å². The van der Waals surface area contributed by atoms with Crippen molar-refractivity contribution in [1.82, 2.24) is 20.0 Å². The van der Waals surface area contributed by atoms with E-state index in [4.69, 9.17) is 0 Å². The Kier molecular flexibility index (Phi) is 5.70. The van der Waals surface area contributed by atoms with Gasteiger partial charge in [-0.1, -0.05) is 18.2 Å². The number of hydrogen-bond acceptors (Lipinski definition) is 5. The van der Waals surface area contributed by atoms with Crippen molar-refractivity contribution in [3.8, 4) is 28.2 Å². The zero-order valence-electron chi connectivity index (χ0n) is 18.5. The monoisotopic (exact) mass is 463 g/mol. The SMILES string of the molecule is Cc1ccccc1-n1nc(-c2c(N3CCC[C@H]3CO)n[nH]c2-c2ccc(F)cc2F)ccc1=O. The highest BCUT2D eigenvalue weighted by Crippen LogP contribution is 2.40. The lowest BCUT2D eigenvalue weighted by molar-refractivity contribution is 0.266. The van der Waals surface area contributed by atoms with E-state index in [9.17, 15) is 18.7 Å². The van der Waals surface area contributed by atoms with E-state index in [1.807, 2.05) is 30.0 Å². The van der Waals surface area contributed by atoms with Gasteiger partial charge in [0.05, 0.1) is 35.3 Å². The van der Waals surface area contributed by atoms with Crippen LogP contribution in [0.15, 0.2) is 59.4 Å². The summed E-state index contributed by atoms with van der Waals surface area (Å²) >= 11 is 0. The number of aryl methyl sites for hydroxylation is 1. The van der Waals surface area contributed by atoms with Gasteiger partial charge < -0.3 is 10.0 Å². The molecule has 7 nitrogen and oxygen atoms in total. The van der Waals surface area contributed by atoms with Crippen LogP contribution in [0.2, 0.25) is 0 Å². The summed E-state index contributed by atoms with van der Waals surface area (Å²) in [6.07, 6.45) is 1.66. The second-order valence-electron chi connectivity index (χ2n) is 8.35. The van der Waals surface area contributed by atoms with Crippen molar-refractivity contribution < 1.29 is 13.9 Å². The Bertz CT molecular complexity index is 1410. The van der Waals surface area contributed by atoms with E-state index in [2.05, 4.69) is 15.3 Å². The lowest BCUT2D eigenvalue weighted by Crippen LogP contribution is -2.32. The average Bonchev–Trinajstić information content (AvgIpc) is 3.47. The summed E-state index contributed by atoms with van der Waals surface area (Å²) in [6.45, 7) is 2.49. The maximum Gasteiger partial charge on any atom is 0.271 e. The molecule has 1 fully saturated rings. The Morgan fingerprint density at radius 3 is 2.74 bits per heavy atom. The highest BCUT2D eigenvalue weighted by molar-refractivity contribution is 5.88. The largest absolute Gasteiger partial charge is 0.394 e. The van der Waals surface area contributed by atoms with Crippen molar-refractivity contribution in [3.63, 3.8) is 0 Å². The fraction of sp³-hybridized carbons (Fsp3) is 0.240. The first-order valence-electron chi connectivity index (χ1n) is 11.1. The van der Waals surface area contributed by atoms with E-state index < -0.39 is 11.6 Å². The summed E-state index contributed by atoms with van der Waals surface area (Å²) in [4.78, 5) is 14.7. The van der Waals surface area contributed by atoms with Gasteiger partial charge in [0.25, 0.3) is 5.56 Å². The number of aliphatic hydroxyl groups excluding tert-OH is 1. The fourth-order valence-electron chi connectivity index (χ4n) is 4.49. The molecule has 0 unspecified atom stereocenters. The minimum atomic E-state index is -0.746. The zero-order chi connectivity index (χ0) is 23.8. The van der Waals surface area contributed by atoms with Gasteiger partial charge >= 0.3 is 0 Å². The summed E-state index contributed by atoms with van der Waals surface area (Å²) in [5.74, 6) is -0.935. The summed E-state index contributed by atoms with van der Waals surface area (Å²) in [5, 5.41) is 21.8. The third-order valence-electron chi connectivity index (χ3n) is 6.21. The van der Waals surface area contributed by atoms with Crippen molar-refractivity contribution in [3.05, 3.63) is 82.1 Å². The maximum atomic E-state index is 14.8. The van der Waals surface area contributed by atoms with Crippen LogP contribution in [-0.4, -0.2) is 44.3 Å². The van der Waals surface area contributed by atoms with Gasteiger partial charge in [0.2, 0.25) is 0 Å². The molecule has 34 heavy (non-hydrogen) atoms. The second-order valence-corrected chi connectivity index (χ2v) is 8.35. The predicted molar refractivity (Wildman–Crippen MR) is 125 cm³/mol. The molecule has 2 aromatic heterocycles. The molecule has 0 amide bonds. The molecule has 2 aromatic carbocycles. The molecule has 2 N–H and O–H groups in total. The number of anilines is 1. The van der Waals surface area contributed by atoms with Crippen LogP contribution in [0.3, 0.4) is 0 Å². The van der Waals surface area contributed by atoms with E-state index in [0.29, 0.717) is 35.0 Å². The number of halogens is 2. The normalized spacial score (nSPS) is 15.8. The highest BCUT2D eigenvalue weighted by atomic mass is 19.1. The molecule has 0 saturated carbocycles. The van der Waals surface area contributed by atoms with E-state index in [0.717, 1.165) is 24.5 Å². The van der Waals surface area contributed by atoms with Gasteiger partial charge in [-0.25, -0.2) is 8.78 Å². The Morgan fingerprint density at radius 1 is 1.15 bits per heavy atom. The minimum absolute atomic E-state index is 0.0529. The van der Waals surface area contributed by atoms with Crippen LogP contribution in [-0.2, 0) is 0 Å². The molecule has 1 atom stereocenters. The number of aliphatic hydroxyl groups is 1. The first kappa shape index (κ1) is 22.0.